The molecule has 1 heterocycles. The summed E-state index contributed by atoms with van der Waals surface area (Å²) in [6.45, 7) is 0. The number of carbonyl (C=O) groups excluding carboxylic acids is 1. The zero-order valence-electron chi connectivity index (χ0n) is 14.4. The standard InChI is InChI=1S/C21H13Cl2IN2O2/c22-13-3-1-12(2-4-13)9-20-26-18-11-15(6-8-19(18)28-20)25-21(27)16-10-14(24)5-7-17(16)23/h1-8,10-11H,9H2,(H,25,27). The number of benzene rings is 3. The number of fused-ring (bicyclic) bond motifs is 1. The van der Waals surface area contributed by atoms with Crippen molar-refractivity contribution in [2.45, 2.75) is 6.42 Å². The van der Waals surface area contributed by atoms with Crippen LogP contribution in [0.1, 0.15) is 21.8 Å². The van der Waals surface area contributed by atoms with Crippen molar-refractivity contribution in [3.8, 4) is 0 Å². The third-order valence-corrected chi connectivity index (χ3v) is 5.38. The molecule has 28 heavy (non-hydrogen) atoms. The molecule has 0 atom stereocenters. The van der Waals surface area contributed by atoms with E-state index in [0.717, 1.165) is 9.13 Å². The molecular weight excluding hydrogens is 510 g/mol. The Morgan fingerprint density at radius 2 is 1.82 bits per heavy atom. The minimum absolute atomic E-state index is 0.271. The fourth-order valence-electron chi connectivity index (χ4n) is 2.78. The van der Waals surface area contributed by atoms with Crippen LogP contribution < -0.4 is 5.32 Å². The average molecular weight is 523 g/mol. The molecule has 0 aliphatic rings. The van der Waals surface area contributed by atoms with Gasteiger partial charge in [-0.25, -0.2) is 4.98 Å². The smallest absolute Gasteiger partial charge is 0.257 e. The summed E-state index contributed by atoms with van der Waals surface area (Å²) < 4.78 is 6.74. The summed E-state index contributed by atoms with van der Waals surface area (Å²) in [4.78, 5) is 17.1. The van der Waals surface area contributed by atoms with Gasteiger partial charge < -0.3 is 9.73 Å². The lowest BCUT2D eigenvalue weighted by atomic mass is 10.1. The molecule has 4 rings (SSSR count). The molecule has 0 saturated carbocycles. The van der Waals surface area contributed by atoms with Crippen molar-refractivity contribution in [1.82, 2.24) is 4.98 Å². The second kappa shape index (κ2) is 8.11. The Hall–Kier alpha value is -2.09. The summed E-state index contributed by atoms with van der Waals surface area (Å²) in [5.74, 6) is 0.328. The zero-order valence-corrected chi connectivity index (χ0v) is 18.0. The Morgan fingerprint density at radius 3 is 2.61 bits per heavy atom. The number of rotatable bonds is 4. The van der Waals surface area contributed by atoms with Crippen molar-refractivity contribution in [1.29, 1.82) is 0 Å². The fraction of sp³-hybridized carbons (Fsp3) is 0.0476. The molecular formula is C21H13Cl2IN2O2. The predicted octanol–water partition coefficient (Wildman–Crippen LogP) is 6.58. The van der Waals surface area contributed by atoms with E-state index in [1.807, 2.05) is 30.3 Å². The van der Waals surface area contributed by atoms with Crippen LogP contribution in [-0.2, 0) is 6.42 Å². The lowest BCUT2D eigenvalue weighted by Crippen LogP contribution is -2.12. The van der Waals surface area contributed by atoms with Crippen LogP contribution in [0, 0.1) is 3.57 Å². The van der Waals surface area contributed by atoms with Crippen LogP contribution in [0.3, 0.4) is 0 Å². The number of anilines is 1. The molecule has 0 radical (unpaired) electrons. The lowest BCUT2D eigenvalue weighted by molar-refractivity contribution is 0.102. The van der Waals surface area contributed by atoms with E-state index in [9.17, 15) is 4.79 Å². The number of nitrogens with zero attached hydrogens (tertiary/aromatic N) is 1. The van der Waals surface area contributed by atoms with E-state index >= 15 is 0 Å². The number of nitrogens with one attached hydrogen (secondary N) is 1. The normalized spacial score (nSPS) is 11.0. The summed E-state index contributed by atoms with van der Waals surface area (Å²) in [7, 11) is 0. The molecule has 1 N–H and O–H groups in total. The molecule has 0 aliphatic heterocycles. The third kappa shape index (κ3) is 4.32. The number of amides is 1. The van der Waals surface area contributed by atoms with Crippen molar-refractivity contribution in [2.24, 2.45) is 0 Å². The largest absolute Gasteiger partial charge is 0.440 e. The number of hydrogen-bond acceptors (Lipinski definition) is 3. The van der Waals surface area contributed by atoms with Crippen molar-refractivity contribution in [2.75, 3.05) is 5.32 Å². The number of hydrogen-bond donors (Lipinski definition) is 1. The van der Waals surface area contributed by atoms with E-state index in [-0.39, 0.29) is 5.91 Å². The van der Waals surface area contributed by atoms with Crippen molar-refractivity contribution in [3.63, 3.8) is 0 Å². The van der Waals surface area contributed by atoms with Crippen molar-refractivity contribution < 1.29 is 9.21 Å². The molecule has 4 nitrogen and oxygen atoms in total. The first-order chi connectivity index (χ1) is 13.5. The molecule has 3 aromatic carbocycles. The van der Waals surface area contributed by atoms with Gasteiger partial charge in [-0.2, -0.15) is 0 Å². The van der Waals surface area contributed by atoms with Gasteiger partial charge in [-0.3, -0.25) is 4.79 Å². The quantitative estimate of drug-likeness (QED) is 0.308. The van der Waals surface area contributed by atoms with Crippen LogP contribution in [0.5, 0.6) is 0 Å². The van der Waals surface area contributed by atoms with Gasteiger partial charge in [0.05, 0.1) is 10.6 Å². The van der Waals surface area contributed by atoms with E-state index in [2.05, 4.69) is 32.9 Å². The number of oxazole rings is 1. The topological polar surface area (TPSA) is 55.1 Å². The number of carbonyl (C=O) groups is 1. The highest BCUT2D eigenvalue weighted by atomic mass is 127. The molecule has 4 aromatic rings. The van der Waals surface area contributed by atoms with Gasteiger partial charge in [0.1, 0.15) is 5.52 Å². The second-order valence-electron chi connectivity index (χ2n) is 6.17. The van der Waals surface area contributed by atoms with E-state index in [1.165, 1.54) is 0 Å². The second-order valence-corrected chi connectivity index (χ2v) is 8.26. The summed E-state index contributed by atoms with van der Waals surface area (Å²) in [5.41, 5.74) is 3.44. The Labute approximate surface area is 185 Å². The summed E-state index contributed by atoms with van der Waals surface area (Å²) in [6.07, 6.45) is 0.561. The SMILES string of the molecule is O=C(Nc1ccc2oc(Cc3ccc(Cl)cc3)nc2c1)c1cc(I)ccc1Cl. The zero-order chi connectivity index (χ0) is 19.7. The van der Waals surface area contributed by atoms with Crippen molar-refractivity contribution in [3.05, 3.63) is 91.3 Å². The van der Waals surface area contributed by atoms with Gasteiger partial charge in [-0.15, -0.1) is 0 Å². The highest BCUT2D eigenvalue weighted by molar-refractivity contribution is 14.1. The average Bonchev–Trinajstić information content (AvgIpc) is 3.07. The number of halogens is 3. The molecule has 1 amide bonds. The molecule has 1 aromatic heterocycles. The molecule has 0 aliphatic carbocycles. The molecule has 0 fully saturated rings. The molecule has 0 spiro atoms. The summed E-state index contributed by atoms with van der Waals surface area (Å²) in [6, 6.07) is 18.2. The maximum absolute atomic E-state index is 12.5. The van der Waals surface area contributed by atoms with Crippen molar-refractivity contribution >= 4 is 68.5 Å². The van der Waals surface area contributed by atoms with Crippen LogP contribution in [0.2, 0.25) is 10.0 Å². The van der Waals surface area contributed by atoms with Crippen LogP contribution in [0.25, 0.3) is 11.1 Å². The lowest BCUT2D eigenvalue weighted by Gasteiger charge is -2.07. The Morgan fingerprint density at radius 1 is 1.04 bits per heavy atom. The van der Waals surface area contributed by atoms with Gasteiger partial charge in [0, 0.05) is 20.7 Å². The van der Waals surface area contributed by atoms with Crippen LogP contribution in [0.4, 0.5) is 5.69 Å². The minimum atomic E-state index is -0.271. The van der Waals surface area contributed by atoms with E-state index in [0.29, 0.717) is 44.7 Å². The molecule has 0 unspecified atom stereocenters. The predicted molar refractivity (Wildman–Crippen MR) is 120 cm³/mol. The van der Waals surface area contributed by atoms with Crippen LogP contribution in [-0.4, -0.2) is 10.9 Å². The van der Waals surface area contributed by atoms with Gasteiger partial charge in [0.2, 0.25) is 0 Å². The van der Waals surface area contributed by atoms with E-state index in [4.69, 9.17) is 27.6 Å². The first-order valence-electron chi connectivity index (χ1n) is 8.38. The summed E-state index contributed by atoms with van der Waals surface area (Å²) in [5, 5.41) is 3.96. The van der Waals surface area contributed by atoms with Gasteiger partial charge >= 0.3 is 0 Å². The summed E-state index contributed by atoms with van der Waals surface area (Å²) >= 11 is 14.2. The van der Waals surface area contributed by atoms with Gasteiger partial charge in [-0.05, 0) is 76.7 Å². The molecule has 0 saturated heterocycles. The van der Waals surface area contributed by atoms with E-state index in [1.54, 1.807) is 30.3 Å². The molecule has 140 valence electrons. The molecule has 7 heteroatoms. The first kappa shape index (κ1) is 19.2. The first-order valence-corrected chi connectivity index (χ1v) is 10.2. The Kier molecular flexibility index (Phi) is 5.57. The Bertz CT molecular complexity index is 1170. The molecule has 0 bridgehead atoms. The van der Waals surface area contributed by atoms with E-state index < -0.39 is 0 Å². The monoisotopic (exact) mass is 522 g/mol. The fourth-order valence-corrected chi connectivity index (χ4v) is 3.60. The van der Waals surface area contributed by atoms with Gasteiger partial charge in [-0.1, -0.05) is 35.3 Å². The minimum Gasteiger partial charge on any atom is -0.440 e. The van der Waals surface area contributed by atoms with Crippen LogP contribution in [0.15, 0.2) is 65.1 Å². The maximum Gasteiger partial charge on any atom is 0.257 e. The van der Waals surface area contributed by atoms with Gasteiger partial charge in [0.25, 0.3) is 5.91 Å². The number of aromatic nitrogens is 1. The highest BCUT2D eigenvalue weighted by Gasteiger charge is 2.13. The Balaban J connectivity index is 1.55. The third-order valence-electron chi connectivity index (χ3n) is 4.13. The highest BCUT2D eigenvalue weighted by Crippen LogP contribution is 2.24. The van der Waals surface area contributed by atoms with Crippen LogP contribution >= 0.6 is 45.8 Å². The van der Waals surface area contributed by atoms with Gasteiger partial charge in [0.15, 0.2) is 11.5 Å². The maximum atomic E-state index is 12.5.